The summed E-state index contributed by atoms with van der Waals surface area (Å²) in [6.45, 7) is 1.98. The summed E-state index contributed by atoms with van der Waals surface area (Å²) in [5, 5.41) is 2.83. The molecule has 0 spiro atoms. The lowest BCUT2D eigenvalue weighted by Gasteiger charge is -2.26. The summed E-state index contributed by atoms with van der Waals surface area (Å²) in [4.78, 5) is 29.9. The van der Waals surface area contributed by atoms with E-state index in [9.17, 15) is 9.59 Å². The normalized spacial score (nSPS) is 14.6. The highest BCUT2D eigenvalue weighted by Gasteiger charge is 2.21. The van der Waals surface area contributed by atoms with Crippen LogP contribution in [-0.2, 0) is 11.2 Å². The molecule has 1 N–H and O–H groups in total. The molecule has 0 bridgehead atoms. The second-order valence-electron chi connectivity index (χ2n) is 5.80. The zero-order valence-electron chi connectivity index (χ0n) is 13.2. The van der Waals surface area contributed by atoms with Crippen LogP contribution in [0.5, 0.6) is 0 Å². The summed E-state index contributed by atoms with van der Waals surface area (Å²) in [6.07, 6.45) is 4.63. The van der Waals surface area contributed by atoms with Gasteiger partial charge < -0.3 is 10.2 Å². The predicted molar refractivity (Wildman–Crippen MR) is 88.1 cm³/mol. The molecule has 1 atom stereocenters. The maximum absolute atomic E-state index is 12.7. The van der Waals surface area contributed by atoms with E-state index in [1.165, 1.54) is 0 Å². The number of aryl methyl sites for hydroxylation is 1. The maximum Gasteiger partial charge on any atom is 0.254 e. The lowest BCUT2D eigenvalue weighted by Crippen LogP contribution is -2.30. The molecule has 3 rings (SSSR count). The van der Waals surface area contributed by atoms with Gasteiger partial charge in [0.1, 0.15) is 0 Å². The summed E-state index contributed by atoms with van der Waals surface area (Å²) in [6, 6.07) is 9.22. The van der Waals surface area contributed by atoms with Gasteiger partial charge >= 0.3 is 0 Å². The van der Waals surface area contributed by atoms with Crippen molar-refractivity contribution in [1.82, 2.24) is 9.88 Å². The Labute approximate surface area is 135 Å². The molecule has 0 saturated carbocycles. The first kappa shape index (κ1) is 15.2. The minimum atomic E-state index is -0.0630. The van der Waals surface area contributed by atoms with Crippen molar-refractivity contribution in [3.05, 3.63) is 59.4 Å². The molecular formula is C18H19N3O2. The van der Waals surface area contributed by atoms with Crippen molar-refractivity contribution in [2.45, 2.75) is 25.8 Å². The van der Waals surface area contributed by atoms with E-state index in [2.05, 4.69) is 10.3 Å². The third-order valence-corrected chi connectivity index (χ3v) is 4.32. The van der Waals surface area contributed by atoms with Crippen LogP contribution >= 0.6 is 0 Å². The van der Waals surface area contributed by atoms with Gasteiger partial charge in [-0.1, -0.05) is 6.07 Å². The van der Waals surface area contributed by atoms with Crippen LogP contribution < -0.4 is 5.32 Å². The van der Waals surface area contributed by atoms with Crippen LogP contribution in [0, 0.1) is 0 Å². The Kier molecular flexibility index (Phi) is 4.10. The van der Waals surface area contributed by atoms with E-state index < -0.39 is 0 Å². The van der Waals surface area contributed by atoms with Gasteiger partial charge in [-0.3, -0.25) is 14.6 Å². The highest BCUT2D eigenvalue weighted by Crippen LogP contribution is 2.25. The van der Waals surface area contributed by atoms with Gasteiger partial charge in [-0.25, -0.2) is 0 Å². The minimum Gasteiger partial charge on any atom is -0.335 e. The topological polar surface area (TPSA) is 62.3 Å². The molecule has 5 heteroatoms. The number of nitrogens with zero attached hydrogens (tertiary/aromatic N) is 2. The number of nitrogens with one attached hydrogen (secondary N) is 1. The molecule has 0 fully saturated rings. The lowest BCUT2D eigenvalue weighted by molar-refractivity contribution is -0.116. The third-order valence-electron chi connectivity index (χ3n) is 4.32. The Bertz CT molecular complexity index is 743. The Morgan fingerprint density at radius 1 is 1.30 bits per heavy atom. The van der Waals surface area contributed by atoms with Gasteiger partial charge in [0.15, 0.2) is 0 Å². The smallest absolute Gasteiger partial charge is 0.254 e. The molecule has 1 aromatic heterocycles. The summed E-state index contributed by atoms with van der Waals surface area (Å²) in [5.74, 6) is -0.0139. The largest absolute Gasteiger partial charge is 0.335 e. The predicted octanol–water partition coefficient (Wildman–Crippen LogP) is 2.80. The standard InChI is InChI=1S/C18H19N3O2/c1-12(15-4-3-9-19-11-15)21(2)18(23)14-5-7-16-13(10-14)6-8-17(22)20-16/h3-5,7,9-12H,6,8H2,1-2H3,(H,20,22). The summed E-state index contributed by atoms with van der Waals surface area (Å²) >= 11 is 0. The molecule has 23 heavy (non-hydrogen) atoms. The van der Waals surface area contributed by atoms with Crippen molar-refractivity contribution >= 4 is 17.5 Å². The molecule has 2 aromatic rings. The van der Waals surface area contributed by atoms with E-state index in [1.807, 2.05) is 31.2 Å². The molecule has 0 radical (unpaired) electrons. The van der Waals surface area contributed by atoms with Gasteiger partial charge in [-0.2, -0.15) is 0 Å². The molecule has 1 unspecified atom stereocenters. The second kappa shape index (κ2) is 6.20. The summed E-state index contributed by atoms with van der Waals surface area (Å²) in [7, 11) is 1.79. The highest BCUT2D eigenvalue weighted by atomic mass is 16.2. The van der Waals surface area contributed by atoms with Gasteiger partial charge in [0, 0.05) is 37.1 Å². The Morgan fingerprint density at radius 3 is 2.87 bits per heavy atom. The van der Waals surface area contributed by atoms with Crippen LogP contribution in [0.1, 0.15) is 40.9 Å². The van der Waals surface area contributed by atoms with E-state index in [0.29, 0.717) is 18.4 Å². The van der Waals surface area contributed by atoms with Crippen LogP contribution in [0.2, 0.25) is 0 Å². The van der Waals surface area contributed by atoms with E-state index >= 15 is 0 Å². The van der Waals surface area contributed by atoms with Crippen molar-refractivity contribution in [3.63, 3.8) is 0 Å². The number of aromatic nitrogens is 1. The fourth-order valence-electron chi connectivity index (χ4n) is 2.74. The molecule has 1 aliphatic heterocycles. The summed E-state index contributed by atoms with van der Waals surface area (Å²) < 4.78 is 0. The molecule has 0 saturated heterocycles. The minimum absolute atomic E-state index is 0.0268. The molecule has 1 aliphatic rings. The first-order valence-corrected chi connectivity index (χ1v) is 7.66. The quantitative estimate of drug-likeness (QED) is 0.948. The maximum atomic E-state index is 12.7. The highest BCUT2D eigenvalue weighted by molar-refractivity contribution is 5.98. The van der Waals surface area contributed by atoms with Crippen molar-refractivity contribution in [1.29, 1.82) is 0 Å². The van der Waals surface area contributed by atoms with Gasteiger partial charge in [-0.15, -0.1) is 0 Å². The van der Waals surface area contributed by atoms with Crippen LogP contribution in [0.3, 0.4) is 0 Å². The van der Waals surface area contributed by atoms with E-state index in [4.69, 9.17) is 0 Å². The number of hydrogen-bond donors (Lipinski definition) is 1. The molecule has 1 aromatic carbocycles. The Hall–Kier alpha value is -2.69. The average molecular weight is 309 g/mol. The van der Waals surface area contributed by atoms with Crippen molar-refractivity contribution in [3.8, 4) is 0 Å². The Balaban J connectivity index is 1.81. The van der Waals surface area contributed by atoms with E-state index in [0.717, 1.165) is 16.8 Å². The molecule has 0 aliphatic carbocycles. The average Bonchev–Trinajstić information content (AvgIpc) is 2.60. The van der Waals surface area contributed by atoms with E-state index in [-0.39, 0.29) is 17.9 Å². The number of fused-ring (bicyclic) bond motifs is 1. The van der Waals surface area contributed by atoms with Crippen LogP contribution in [0.25, 0.3) is 0 Å². The number of amides is 2. The lowest BCUT2D eigenvalue weighted by atomic mass is 9.99. The number of rotatable bonds is 3. The van der Waals surface area contributed by atoms with Crippen molar-refractivity contribution in [2.75, 3.05) is 12.4 Å². The molecule has 118 valence electrons. The van der Waals surface area contributed by atoms with Crippen LogP contribution in [-0.4, -0.2) is 28.7 Å². The number of benzene rings is 1. The van der Waals surface area contributed by atoms with E-state index in [1.54, 1.807) is 30.4 Å². The molecule has 5 nitrogen and oxygen atoms in total. The number of carbonyl (C=O) groups is 2. The monoisotopic (exact) mass is 309 g/mol. The SMILES string of the molecule is CC(c1cccnc1)N(C)C(=O)c1ccc2c(c1)CCC(=O)N2. The number of hydrogen-bond acceptors (Lipinski definition) is 3. The first-order valence-electron chi connectivity index (χ1n) is 7.66. The first-order chi connectivity index (χ1) is 11.1. The zero-order chi connectivity index (χ0) is 16.4. The Morgan fingerprint density at radius 2 is 2.13 bits per heavy atom. The second-order valence-corrected chi connectivity index (χ2v) is 5.80. The van der Waals surface area contributed by atoms with Gasteiger partial charge in [-0.05, 0) is 48.7 Å². The third kappa shape index (κ3) is 3.08. The summed E-state index contributed by atoms with van der Waals surface area (Å²) in [5.41, 5.74) is 3.45. The van der Waals surface area contributed by atoms with Gasteiger partial charge in [0.25, 0.3) is 5.91 Å². The number of carbonyl (C=O) groups excluding carboxylic acids is 2. The van der Waals surface area contributed by atoms with Crippen LogP contribution in [0.4, 0.5) is 5.69 Å². The fourth-order valence-corrected chi connectivity index (χ4v) is 2.74. The number of pyridine rings is 1. The molecular weight excluding hydrogens is 290 g/mol. The number of anilines is 1. The van der Waals surface area contributed by atoms with Gasteiger partial charge in [0.05, 0.1) is 6.04 Å². The fraction of sp³-hybridized carbons (Fsp3) is 0.278. The molecule has 2 heterocycles. The van der Waals surface area contributed by atoms with Gasteiger partial charge in [0.2, 0.25) is 5.91 Å². The molecule has 2 amide bonds. The van der Waals surface area contributed by atoms with Crippen LogP contribution in [0.15, 0.2) is 42.7 Å². The van der Waals surface area contributed by atoms with Crippen molar-refractivity contribution < 1.29 is 9.59 Å². The van der Waals surface area contributed by atoms with Crippen molar-refractivity contribution in [2.24, 2.45) is 0 Å². The zero-order valence-corrected chi connectivity index (χ0v) is 13.2.